The van der Waals surface area contributed by atoms with Crippen molar-refractivity contribution in [1.29, 1.82) is 0 Å². The molecule has 2 N–H and O–H groups in total. The zero-order valence-electron chi connectivity index (χ0n) is 12.7. The van der Waals surface area contributed by atoms with Crippen molar-refractivity contribution in [2.75, 3.05) is 7.05 Å². The van der Waals surface area contributed by atoms with Gasteiger partial charge in [0, 0.05) is 30.2 Å². The summed E-state index contributed by atoms with van der Waals surface area (Å²) in [4.78, 5) is 15.1. The molecular formula is C19H18N2O. The molecule has 0 unspecified atom stereocenters. The van der Waals surface area contributed by atoms with Gasteiger partial charge in [0.1, 0.15) is 0 Å². The molecule has 3 heteroatoms. The van der Waals surface area contributed by atoms with Crippen LogP contribution in [0.15, 0.2) is 60.8 Å². The summed E-state index contributed by atoms with van der Waals surface area (Å²) < 4.78 is 0. The van der Waals surface area contributed by atoms with E-state index in [4.69, 9.17) is 0 Å². The second-order valence-electron chi connectivity index (χ2n) is 5.27. The smallest absolute Gasteiger partial charge is 0.244 e. The summed E-state index contributed by atoms with van der Waals surface area (Å²) in [6.07, 6.45) is 3.65. The van der Waals surface area contributed by atoms with E-state index >= 15 is 0 Å². The number of carbonyl (C=O) groups excluding carboxylic acids is 1. The minimum atomic E-state index is -0.107. The van der Waals surface area contributed by atoms with E-state index in [0.717, 1.165) is 22.2 Å². The van der Waals surface area contributed by atoms with Gasteiger partial charge in [-0.15, -0.1) is 0 Å². The van der Waals surface area contributed by atoms with Crippen LogP contribution in [0.1, 0.15) is 16.7 Å². The van der Waals surface area contributed by atoms with Gasteiger partial charge in [0.25, 0.3) is 0 Å². The normalized spacial score (nSPS) is 11.6. The molecule has 1 aromatic heterocycles. The Balaban J connectivity index is 2.17. The highest BCUT2D eigenvalue weighted by atomic mass is 16.1. The van der Waals surface area contributed by atoms with E-state index < -0.39 is 0 Å². The summed E-state index contributed by atoms with van der Waals surface area (Å²) >= 11 is 0. The largest absolute Gasteiger partial charge is 0.361 e. The molecule has 0 atom stereocenters. The third-order valence-corrected chi connectivity index (χ3v) is 3.81. The average Bonchev–Trinajstić information content (AvgIpc) is 2.94. The first-order valence-electron chi connectivity index (χ1n) is 7.26. The lowest BCUT2D eigenvalue weighted by atomic mass is 9.96. The van der Waals surface area contributed by atoms with Crippen LogP contribution in [0, 0.1) is 6.92 Å². The molecule has 22 heavy (non-hydrogen) atoms. The van der Waals surface area contributed by atoms with Crippen LogP contribution in [0.25, 0.3) is 16.5 Å². The Labute approximate surface area is 129 Å². The van der Waals surface area contributed by atoms with Gasteiger partial charge in [-0.2, -0.15) is 0 Å². The predicted molar refractivity (Wildman–Crippen MR) is 90.6 cm³/mol. The van der Waals surface area contributed by atoms with E-state index in [-0.39, 0.29) is 5.91 Å². The van der Waals surface area contributed by atoms with E-state index in [1.165, 1.54) is 10.9 Å². The molecule has 0 spiro atoms. The number of amides is 1. The standard InChI is InChI=1S/C19H18N2O/c1-13-12-21-18-9-8-15(10-16(13)18)17(11-19(22)20-2)14-6-4-3-5-7-14/h3-12,21H,1-2H3,(H,20,22). The summed E-state index contributed by atoms with van der Waals surface area (Å²) in [6.45, 7) is 2.08. The van der Waals surface area contributed by atoms with Crippen molar-refractivity contribution in [3.63, 3.8) is 0 Å². The first-order chi connectivity index (χ1) is 10.7. The van der Waals surface area contributed by atoms with Crippen LogP contribution in [0.3, 0.4) is 0 Å². The van der Waals surface area contributed by atoms with Gasteiger partial charge in [-0.1, -0.05) is 36.4 Å². The van der Waals surface area contributed by atoms with E-state index in [9.17, 15) is 4.79 Å². The SMILES string of the molecule is CNC(=O)C=C(c1ccccc1)c1ccc2[nH]cc(C)c2c1. The Morgan fingerprint density at radius 3 is 2.59 bits per heavy atom. The number of benzene rings is 2. The fourth-order valence-corrected chi connectivity index (χ4v) is 2.58. The molecule has 1 amide bonds. The first kappa shape index (κ1) is 14.1. The fraction of sp³-hybridized carbons (Fsp3) is 0.105. The Bertz CT molecular complexity index is 844. The third-order valence-electron chi connectivity index (χ3n) is 3.81. The van der Waals surface area contributed by atoms with E-state index in [0.29, 0.717) is 0 Å². The third kappa shape index (κ3) is 2.66. The molecule has 3 rings (SSSR count). The number of hydrogen-bond donors (Lipinski definition) is 2. The van der Waals surface area contributed by atoms with Crippen molar-refractivity contribution < 1.29 is 4.79 Å². The predicted octanol–water partition coefficient (Wildman–Crippen LogP) is 3.65. The summed E-state index contributed by atoms with van der Waals surface area (Å²) in [6, 6.07) is 16.2. The maximum Gasteiger partial charge on any atom is 0.244 e. The van der Waals surface area contributed by atoms with Gasteiger partial charge in [-0.3, -0.25) is 4.79 Å². The minimum Gasteiger partial charge on any atom is -0.361 e. The number of likely N-dealkylation sites (N-methyl/N-ethyl adjacent to an activating group) is 1. The van der Waals surface area contributed by atoms with Crippen LogP contribution in [-0.4, -0.2) is 17.9 Å². The van der Waals surface area contributed by atoms with Crippen molar-refractivity contribution in [2.24, 2.45) is 0 Å². The maximum absolute atomic E-state index is 11.9. The number of nitrogens with one attached hydrogen (secondary N) is 2. The number of fused-ring (bicyclic) bond motifs is 1. The highest BCUT2D eigenvalue weighted by Crippen LogP contribution is 2.27. The van der Waals surface area contributed by atoms with Crippen molar-refractivity contribution in [2.45, 2.75) is 6.92 Å². The molecule has 3 nitrogen and oxygen atoms in total. The van der Waals surface area contributed by atoms with Crippen LogP contribution in [0.5, 0.6) is 0 Å². The van der Waals surface area contributed by atoms with E-state index in [2.05, 4.69) is 29.4 Å². The molecular weight excluding hydrogens is 272 g/mol. The van der Waals surface area contributed by atoms with Crippen molar-refractivity contribution in [1.82, 2.24) is 10.3 Å². The maximum atomic E-state index is 11.9. The molecule has 0 aliphatic carbocycles. The van der Waals surface area contributed by atoms with Gasteiger partial charge in [-0.25, -0.2) is 0 Å². The van der Waals surface area contributed by atoms with Gasteiger partial charge in [-0.05, 0) is 41.3 Å². The monoisotopic (exact) mass is 290 g/mol. The summed E-state index contributed by atoms with van der Waals surface area (Å²) in [7, 11) is 1.64. The Morgan fingerprint density at radius 2 is 1.86 bits per heavy atom. The molecule has 0 fully saturated rings. The molecule has 110 valence electrons. The van der Waals surface area contributed by atoms with Crippen molar-refractivity contribution in [3.05, 3.63) is 77.5 Å². The topological polar surface area (TPSA) is 44.9 Å². The lowest BCUT2D eigenvalue weighted by Gasteiger charge is -2.09. The van der Waals surface area contributed by atoms with Gasteiger partial charge in [0.2, 0.25) is 5.91 Å². The quantitative estimate of drug-likeness (QED) is 0.710. The lowest BCUT2D eigenvalue weighted by Crippen LogP contribution is -2.15. The van der Waals surface area contributed by atoms with Crippen LogP contribution < -0.4 is 5.32 Å². The van der Waals surface area contributed by atoms with Gasteiger partial charge in [0.05, 0.1) is 0 Å². The van der Waals surface area contributed by atoms with Crippen LogP contribution in [0.2, 0.25) is 0 Å². The molecule has 0 radical (unpaired) electrons. The average molecular weight is 290 g/mol. The highest BCUT2D eigenvalue weighted by molar-refractivity contribution is 6.00. The summed E-state index contributed by atoms with van der Waals surface area (Å²) in [5, 5.41) is 3.83. The zero-order chi connectivity index (χ0) is 15.5. The Morgan fingerprint density at radius 1 is 1.09 bits per heavy atom. The molecule has 2 aromatic carbocycles. The number of hydrogen-bond acceptors (Lipinski definition) is 1. The van der Waals surface area contributed by atoms with Crippen LogP contribution >= 0.6 is 0 Å². The summed E-state index contributed by atoms with van der Waals surface area (Å²) in [5.41, 5.74) is 5.28. The van der Waals surface area contributed by atoms with Gasteiger partial charge >= 0.3 is 0 Å². The number of aromatic amines is 1. The lowest BCUT2D eigenvalue weighted by molar-refractivity contribution is -0.116. The van der Waals surface area contributed by atoms with Crippen molar-refractivity contribution in [3.8, 4) is 0 Å². The highest BCUT2D eigenvalue weighted by Gasteiger charge is 2.09. The first-order valence-corrected chi connectivity index (χ1v) is 7.26. The van der Waals surface area contributed by atoms with E-state index in [1.807, 2.05) is 42.6 Å². The Kier molecular flexibility index (Phi) is 3.79. The van der Waals surface area contributed by atoms with Crippen LogP contribution in [-0.2, 0) is 4.79 Å². The molecule has 0 aliphatic heterocycles. The number of rotatable bonds is 3. The molecule has 3 aromatic rings. The second-order valence-corrected chi connectivity index (χ2v) is 5.27. The molecule has 0 bridgehead atoms. The van der Waals surface area contributed by atoms with Crippen molar-refractivity contribution >= 4 is 22.4 Å². The zero-order valence-corrected chi connectivity index (χ0v) is 12.7. The van der Waals surface area contributed by atoms with Gasteiger partial charge < -0.3 is 10.3 Å². The Hall–Kier alpha value is -2.81. The number of H-pyrrole nitrogens is 1. The number of aromatic nitrogens is 1. The fourth-order valence-electron chi connectivity index (χ4n) is 2.58. The minimum absolute atomic E-state index is 0.107. The van der Waals surface area contributed by atoms with Crippen LogP contribution in [0.4, 0.5) is 0 Å². The molecule has 0 saturated carbocycles. The molecule has 1 heterocycles. The number of aryl methyl sites for hydroxylation is 1. The van der Waals surface area contributed by atoms with Gasteiger partial charge in [0.15, 0.2) is 0 Å². The molecule has 0 aliphatic rings. The second kappa shape index (κ2) is 5.90. The van der Waals surface area contributed by atoms with E-state index in [1.54, 1.807) is 13.1 Å². The molecule has 0 saturated heterocycles. The number of carbonyl (C=O) groups is 1. The summed E-state index contributed by atoms with van der Waals surface area (Å²) in [5.74, 6) is -0.107.